The van der Waals surface area contributed by atoms with Gasteiger partial charge in [0.05, 0.1) is 11.4 Å². The van der Waals surface area contributed by atoms with Crippen molar-refractivity contribution in [3.05, 3.63) is 60.1 Å². The third-order valence-corrected chi connectivity index (χ3v) is 4.65. The molecular formula is C16H14N2S2. The van der Waals surface area contributed by atoms with Crippen LogP contribution in [0.2, 0.25) is 0 Å². The summed E-state index contributed by atoms with van der Waals surface area (Å²) in [5.41, 5.74) is 2.31. The number of anilines is 1. The lowest BCUT2D eigenvalue weighted by Crippen LogP contribution is -1.91. The van der Waals surface area contributed by atoms with Crippen molar-refractivity contribution >= 4 is 41.1 Å². The van der Waals surface area contributed by atoms with Crippen molar-refractivity contribution in [2.45, 2.75) is 9.79 Å². The molecule has 0 fully saturated rings. The summed E-state index contributed by atoms with van der Waals surface area (Å²) >= 11 is 3.59. The average molecular weight is 298 g/mol. The van der Waals surface area contributed by atoms with Crippen molar-refractivity contribution in [3.63, 3.8) is 0 Å². The highest BCUT2D eigenvalue weighted by molar-refractivity contribution is 8.02. The summed E-state index contributed by atoms with van der Waals surface area (Å²) in [6, 6.07) is 16.5. The number of hydrogen-bond donors (Lipinski definition) is 1. The van der Waals surface area contributed by atoms with Crippen LogP contribution in [0, 0.1) is 0 Å². The van der Waals surface area contributed by atoms with Crippen LogP contribution in [0.1, 0.15) is 0 Å². The molecule has 2 aliphatic heterocycles. The molecule has 0 spiro atoms. The minimum Gasteiger partial charge on any atom is -0.360 e. The van der Waals surface area contributed by atoms with Crippen molar-refractivity contribution in [2.75, 3.05) is 11.1 Å². The van der Waals surface area contributed by atoms with Gasteiger partial charge in [-0.1, -0.05) is 36.0 Å². The minimum absolute atomic E-state index is 1.01. The summed E-state index contributed by atoms with van der Waals surface area (Å²) < 4.78 is 0. The monoisotopic (exact) mass is 298 g/mol. The van der Waals surface area contributed by atoms with Crippen LogP contribution < -0.4 is 5.32 Å². The average Bonchev–Trinajstić information content (AvgIpc) is 2.56. The van der Waals surface area contributed by atoms with Crippen molar-refractivity contribution in [1.82, 2.24) is 0 Å². The highest BCUT2D eigenvalue weighted by Gasteiger charge is 2.02. The molecule has 2 aromatic rings. The zero-order valence-electron chi connectivity index (χ0n) is 10.8. The Bertz CT molecular complexity index is 623. The fourth-order valence-corrected chi connectivity index (χ4v) is 3.33. The maximum atomic E-state index is 4.25. The van der Waals surface area contributed by atoms with Crippen LogP contribution >= 0.6 is 23.5 Å². The quantitative estimate of drug-likeness (QED) is 0.726. The summed E-state index contributed by atoms with van der Waals surface area (Å²) in [6.45, 7) is 0. The van der Waals surface area contributed by atoms with Crippen LogP contribution in [0.25, 0.3) is 0 Å². The highest BCUT2D eigenvalue weighted by atomic mass is 32.2. The van der Waals surface area contributed by atoms with E-state index in [-0.39, 0.29) is 0 Å². The molecule has 2 nitrogen and oxygen atoms in total. The van der Waals surface area contributed by atoms with Gasteiger partial charge in [0.2, 0.25) is 0 Å². The molecule has 2 aromatic carbocycles. The molecule has 100 valence electrons. The molecule has 0 aliphatic carbocycles. The molecule has 0 atom stereocenters. The molecule has 1 N–H and O–H groups in total. The molecule has 2 aliphatic rings. The van der Waals surface area contributed by atoms with E-state index in [4.69, 9.17) is 0 Å². The van der Waals surface area contributed by atoms with Crippen LogP contribution in [0.15, 0.2) is 74.9 Å². The fourth-order valence-electron chi connectivity index (χ4n) is 1.87. The van der Waals surface area contributed by atoms with E-state index in [1.807, 2.05) is 59.9 Å². The highest BCUT2D eigenvalue weighted by Crippen LogP contribution is 2.31. The van der Waals surface area contributed by atoms with E-state index in [9.17, 15) is 0 Å². The standard InChI is InChI=1S/2C8H7NS/c2*1-2-4-8-7(3-1)9-5-6-10-8/h1-5H,6H2;1-6,9H. The lowest BCUT2D eigenvalue weighted by atomic mass is 10.3. The normalized spacial score (nSPS) is 14.4. The molecule has 2 heterocycles. The van der Waals surface area contributed by atoms with E-state index in [0.717, 1.165) is 11.4 Å². The topological polar surface area (TPSA) is 24.4 Å². The number of benzene rings is 2. The predicted octanol–water partition coefficient (Wildman–Crippen LogP) is 5.17. The Morgan fingerprint density at radius 1 is 0.950 bits per heavy atom. The zero-order valence-corrected chi connectivity index (χ0v) is 12.5. The maximum absolute atomic E-state index is 4.25. The van der Waals surface area contributed by atoms with Crippen molar-refractivity contribution in [1.29, 1.82) is 0 Å². The van der Waals surface area contributed by atoms with Crippen molar-refractivity contribution < 1.29 is 0 Å². The van der Waals surface area contributed by atoms with Crippen LogP contribution in [0.5, 0.6) is 0 Å². The van der Waals surface area contributed by atoms with Gasteiger partial charge in [-0.3, -0.25) is 4.99 Å². The van der Waals surface area contributed by atoms with Gasteiger partial charge in [0.25, 0.3) is 0 Å². The number of rotatable bonds is 0. The second kappa shape index (κ2) is 6.68. The van der Waals surface area contributed by atoms with Crippen LogP contribution in [0.4, 0.5) is 11.4 Å². The summed E-state index contributed by atoms with van der Waals surface area (Å²) in [5.74, 6) is 1.01. The van der Waals surface area contributed by atoms with E-state index >= 15 is 0 Å². The number of nitrogens with one attached hydrogen (secondary N) is 1. The molecular weight excluding hydrogens is 284 g/mol. The van der Waals surface area contributed by atoms with E-state index in [1.165, 1.54) is 15.5 Å². The fraction of sp³-hybridized carbons (Fsp3) is 0.0625. The smallest absolute Gasteiger partial charge is 0.0761 e. The van der Waals surface area contributed by atoms with Crippen LogP contribution in [-0.2, 0) is 0 Å². The second-order valence-corrected chi connectivity index (χ2v) is 6.16. The number of aliphatic imine (C=N–C) groups is 1. The Morgan fingerprint density at radius 3 is 2.60 bits per heavy atom. The number of fused-ring (bicyclic) bond motifs is 2. The Morgan fingerprint density at radius 2 is 1.75 bits per heavy atom. The summed E-state index contributed by atoms with van der Waals surface area (Å²) in [7, 11) is 0. The van der Waals surface area contributed by atoms with E-state index in [1.54, 1.807) is 11.8 Å². The molecule has 0 radical (unpaired) electrons. The molecule has 0 unspecified atom stereocenters. The van der Waals surface area contributed by atoms with Crippen LogP contribution in [0.3, 0.4) is 0 Å². The zero-order chi connectivity index (χ0) is 13.6. The van der Waals surface area contributed by atoms with Gasteiger partial charge in [-0.25, -0.2) is 0 Å². The molecule has 4 heteroatoms. The third kappa shape index (κ3) is 3.26. The molecule has 0 bridgehead atoms. The first-order valence-electron chi connectivity index (χ1n) is 6.35. The molecule has 0 amide bonds. The maximum Gasteiger partial charge on any atom is 0.0761 e. The SMILES string of the molecule is C1=CSc2ccccc2N1.C1=Nc2ccccc2SC1. The van der Waals surface area contributed by atoms with Crippen LogP contribution in [-0.4, -0.2) is 12.0 Å². The van der Waals surface area contributed by atoms with E-state index < -0.39 is 0 Å². The molecule has 0 saturated heterocycles. The Hall–Kier alpha value is -1.65. The predicted molar refractivity (Wildman–Crippen MR) is 90.4 cm³/mol. The lowest BCUT2D eigenvalue weighted by Gasteiger charge is -2.10. The summed E-state index contributed by atoms with van der Waals surface area (Å²) in [4.78, 5) is 6.84. The first kappa shape index (κ1) is 13.3. The first-order chi connectivity index (χ1) is 9.93. The number of para-hydroxylation sites is 2. The summed E-state index contributed by atoms with van der Waals surface area (Å²) in [6.07, 6.45) is 3.90. The Labute approximate surface area is 127 Å². The largest absolute Gasteiger partial charge is 0.360 e. The van der Waals surface area contributed by atoms with Gasteiger partial charge < -0.3 is 5.32 Å². The van der Waals surface area contributed by atoms with Gasteiger partial charge in [0, 0.05) is 28.0 Å². The first-order valence-corrected chi connectivity index (χ1v) is 8.21. The lowest BCUT2D eigenvalue weighted by molar-refractivity contribution is 1.36. The van der Waals surface area contributed by atoms with Gasteiger partial charge in [-0.05, 0) is 29.7 Å². The molecule has 0 aromatic heterocycles. The molecule has 20 heavy (non-hydrogen) atoms. The number of nitrogens with zero attached hydrogens (tertiary/aromatic N) is 1. The molecule has 4 rings (SSSR count). The van der Waals surface area contributed by atoms with Gasteiger partial charge in [-0.15, -0.1) is 11.8 Å². The summed E-state index contributed by atoms with van der Waals surface area (Å²) in [5, 5.41) is 5.21. The Kier molecular flexibility index (Phi) is 4.46. The van der Waals surface area contributed by atoms with E-state index in [2.05, 4.69) is 28.5 Å². The van der Waals surface area contributed by atoms with Crippen molar-refractivity contribution in [2.24, 2.45) is 4.99 Å². The van der Waals surface area contributed by atoms with Crippen molar-refractivity contribution in [3.8, 4) is 0 Å². The van der Waals surface area contributed by atoms with Gasteiger partial charge in [0.1, 0.15) is 0 Å². The molecule has 0 saturated carbocycles. The van der Waals surface area contributed by atoms with Gasteiger partial charge in [-0.2, -0.15) is 0 Å². The number of hydrogen-bond acceptors (Lipinski definition) is 4. The van der Waals surface area contributed by atoms with Gasteiger partial charge in [0.15, 0.2) is 0 Å². The Balaban J connectivity index is 0.000000121. The minimum atomic E-state index is 1.01. The van der Waals surface area contributed by atoms with E-state index in [0.29, 0.717) is 0 Å². The second-order valence-electron chi connectivity index (χ2n) is 4.15. The third-order valence-electron chi connectivity index (χ3n) is 2.80. The van der Waals surface area contributed by atoms with Gasteiger partial charge >= 0.3 is 0 Å². The number of thioether (sulfide) groups is 2.